The maximum atomic E-state index is 11.7. The van der Waals surface area contributed by atoms with Crippen LogP contribution in [0, 0.1) is 0 Å². The number of hydrogen-bond donors (Lipinski definition) is 3. The van der Waals surface area contributed by atoms with Crippen molar-refractivity contribution in [1.29, 1.82) is 0 Å². The number of carboxylic acid groups (broad SMARTS) is 1. The summed E-state index contributed by atoms with van der Waals surface area (Å²) in [5, 5.41) is 11.6. The molecule has 0 bridgehead atoms. The highest BCUT2D eigenvalue weighted by Gasteiger charge is 2.24. The first-order chi connectivity index (χ1) is 8.56. The third kappa shape index (κ3) is 3.85. The molecule has 5 heteroatoms. The molecule has 1 rings (SSSR count). The largest absolute Gasteiger partial charge is 0.479 e. The number of nitrogens with one attached hydrogen (secondary N) is 1. The normalized spacial score (nSPS) is 13.7. The van der Waals surface area contributed by atoms with E-state index >= 15 is 0 Å². The Hall–Kier alpha value is -1.88. The molecule has 2 atom stereocenters. The monoisotopic (exact) mass is 250 g/mol. The molecule has 0 saturated heterocycles. The van der Waals surface area contributed by atoms with Crippen molar-refractivity contribution in [3.05, 3.63) is 35.9 Å². The van der Waals surface area contributed by atoms with Crippen LogP contribution < -0.4 is 11.1 Å². The predicted molar refractivity (Wildman–Crippen MR) is 67.8 cm³/mol. The van der Waals surface area contributed by atoms with Crippen molar-refractivity contribution in [3.8, 4) is 0 Å². The summed E-state index contributed by atoms with van der Waals surface area (Å²) in [6, 6.07) is 6.83. The Morgan fingerprint density at radius 3 is 2.44 bits per heavy atom. The predicted octanol–water partition coefficient (Wildman–Crippen LogP) is 1.06. The number of carbonyl (C=O) groups is 2. The van der Waals surface area contributed by atoms with Gasteiger partial charge in [0.2, 0.25) is 5.91 Å². The first-order valence-electron chi connectivity index (χ1n) is 5.90. The lowest BCUT2D eigenvalue weighted by Crippen LogP contribution is -2.44. The van der Waals surface area contributed by atoms with E-state index in [1.54, 1.807) is 30.3 Å². The number of nitrogens with two attached hydrogens (primary N) is 1. The summed E-state index contributed by atoms with van der Waals surface area (Å²) in [6.45, 7) is 1.92. The molecule has 98 valence electrons. The molecule has 0 aliphatic carbocycles. The van der Waals surface area contributed by atoms with Gasteiger partial charge in [0.15, 0.2) is 6.04 Å². The fourth-order valence-corrected chi connectivity index (χ4v) is 1.62. The molecule has 1 unspecified atom stereocenters. The van der Waals surface area contributed by atoms with Gasteiger partial charge in [-0.3, -0.25) is 4.79 Å². The second-order valence-electron chi connectivity index (χ2n) is 4.09. The van der Waals surface area contributed by atoms with E-state index in [1.165, 1.54) is 0 Å². The highest BCUT2D eigenvalue weighted by Crippen LogP contribution is 2.13. The van der Waals surface area contributed by atoms with Crippen molar-refractivity contribution in [2.45, 2.75) is 31.8 Å². The van der Waals surface area contributed by atoms with E-state index in [0.29, 0.717) is 12.0 Å². The third-order valence-electron chi connectivity index (χ3n) is 2.60. The fraction of sp³-hybridized carbons (Fsp3) is 0.385. The number of benzene rings is 1. The molecule has 0 radical (unpaired) electrons. The lowest BCUT2D eigenvalue weighted by atomic mass is 10.1. The first-order valence-corrected chi connectivity index (χ1v) is 5.90. The lowest BCUT2D eigenvalue weighted by Gasteiger charge is -2.17. The topological polar surface area (TPSA) is 92.4 Å². The van der Waals surface area contributed by atoms with Gasteiger partial charge in [-0.15, -0.1) is 0 Å². The zero-order valence-corrected chi connectivity index (χ0v) is 10.3. The molecule has 1 aromatic carbocycles. The van der Waals surface area contributed by atoms with E-state index in [-0.39, 0.29) is 0 Å². The highest BCUT2D eigenvalue weighted by molar-refractivity contribution is 5.87. The van der Waals surface area contributed by atoms with Crippen molar-refractivity contribution in [1.82, 2.24) is 5.32 Å². The molecule has 0 aromatic heterocycles. The van der Waals surface area contributed by atoms with Crippen LogP contribution >= 0.6 is 0 Å². The summed E-state index contributed by atoms with van der Waals surface area (Å²) in [6.07, 6.45) is 1.31. The number of hydrogen-bond acceptors (Lipinski definition) is 3. The van der Waals surface area contributed by atoms with Crippen LogP contribution in [-0.2, 0) is 9.59 Å². The summed E-state index contributed by atoms with van der Waals surface area (Å²) >= 11 is 0. The van der Waals surface area contributed by atoms with Crippen molar-refractivity contribution in [2.75, 3.05) is 0 Å². The lowest BCUT2D eigenvalue weighted by molar-refractivity contribution is -0.142. The number of carboxylic acids is 1. The van der Waals surface area contributed by atoms with Gasteiger partial charge in [-0.1, -0.05) is 43.7 Å². The number of rotatable bonds is 6. The van der Waals surface area contributed by atoms with E-state index < -0.39 is 24.0 Å². The van der Waals surface area contributed by atoms with Crippen LogP contribution in [0.3, 0.4) is 0 Å². The SMILES string of the molecule is CCCC(N)C(=O)N[C@@H](C(=O)O)c1ccccc1. The van der Waals surface area contributed by atoms with Gasteiger partial charge in [0, 0.05) is 0 Å². The van der Waals surface area contributed by atoms with E-state index in [2.05, 4.69) is 5.32 Å². The minimum absolute atomic E-state index is 0.437. The van der Waals surface area contributed by atoms with Crippen LogP contribution in [-0.4, -0.2) is 23.0 Å². The molecule has 1 aromatic rings. The van der Waals surface area contributed by atoms with Gasteiger partial charge in [-0.05, 0) is 12.0 Å². The van der Waals surface area contributed by atoms with Crippen LogP contribution in [0.5, 0.6) is 0 Å². The Bertz CT molecular complexity index is 406. The quantitative estimate of drug-likeness (QED) is 0.703. The van der Waals surface area contributed by atoms with E-state index in [9.17, 15) is 9.59 Å². The van der Waals surface area contributed by atoms with Gasteiger partial charge < -0.3 is 16.2 Å². The average molecular weight is 250 g/mol. The van der Waals surface area contributed by atoms with Crippen LogP contribution in [0.1, 0.15) is 31.4 Å². The zero-order valence-electron chi connectivity index (χ0n) is 10.3. The molecule has 0 saturated carbocycles. The fourth-order valence-electron chi connectivity index (χ4n) is 1.62. The standard InChI is InChI=1S/C13H18N2O3/c1-2-6-10(14)12(16)15-11(13(17)18)9-7-4-3-5-8-9/h3-5,7-8,10-11H,2,6,14H2,1H3,(H,15,16)(H,17,18)/t10?,11-/m1/s1. The minimum Gasteiger partial charge on any atom is -0.479 e. The van der Waals surface area contributed by atoms with E-state index in [4.69, 9.17) is 10.8 Å². The number of aliphatic carboxylic acids is 1. The summed E-state index contributed by atoms with van der Waals surface area (Å²) < 4.78 is 0. The summed E-state index contributed by atoms with van der Waals surface area (Å²) in [4.78, 5) is 22.9. The molecule has 0 heterocycles. The van der Waals surface area contributed by atoms with Crippen molar-refractivity contribution < 1.29 is 14.7 Å². The van der Waals surface area contributed by atoms with Crippen LogP contribution in [0.15, 0.2) is 30.3 Å². The Morgan fingerprint density at radius 2 is 1.94 bits per heavy atom. The minimum atomic E-state index is -1.10. The van der Waals surface area contributed by atoms with Crippen LogP contribution in [0.25, 0.3) is 0 Å². The summed E-state index contributed by atoms with van der Waals surface area (Å²) in [5.74, 6) is -1.54. The van der Waals surface area contributed by atoms with E-state index in [0.717, 1.165) is 6.42 Å². The Kier molecular flexibility index (Phi) is 5.32. The molecule has 0 spiro atoms. The number of amides is 1. The first kappa shape index (κ1) is 14.2. The molecule has 0 aliphatic heterocycles. The Labute approximate surface area is 106 Å². The second-order valence-corrected chi connectivity index (χ2v) is 4.09. The molecular weight excluding hydrogens is 232 g/mol. The maximum absolute atomic E-state index is 11.7. The molecule has 18 heavy (non-hydrogen) atoms. The summed E-state index contributed by atoms with van der Waals surface area (Å²) in [5.41, 5.74) is 6.18. The van der Waals surface area contributed by atoms with E-state index in [1.807, 2.05) is 6.92 Å². The molecule has 5 nitrogen and oxygen atoms in total. The van der Waals surface area contributed by atoms with Crippen molar-refractivity contribution in [3.63, 3.8) is 0 Å². The van der Waals surface area contributed by atoms with Crippen molar-refractivity contribution in [2.24, 2.45) is 5.73 Å². The molecule has 4 N–H and O–H groups in total. The number of carbonyl (C=O) groups excluding carboxylic acids is 1. The van der Waals surface area contributed by atoms with Crippen LogP contribution in [0.2, 0.25) is 0 Å². The molecule has 0 aliphatic rings. The van der Waals surface area contributed by atoms with Gasteiger partial charge >= 0.3 is 5.97 Å². The third-order valence-corrected chi connectivity index (χ3v) is 2.60. The Balaban J connectivity index is 2.76. The maximum Gasteiger partial charge on any atom is 0.330 e. The summed E-state index contributed by atoms with van der Waals surface area (Å²) in [7, 11) is 0. The van der Waals surface area contributed by atoms with Gasteiger partial charge in [0.25, 0.3) is 0 Å². The van der Waals surface area contributed by atoms with Crippen LogP contribution in [0.4, 0.5) is 0 Å². The van der Waals surface area contributed by atoms with Crippen molar-refractivity contribution >= 4 is 11.9 Å². The van der Waals surface area contributed by atoms with Gasteiger partial charge in [-0.25, -0.2) is 4.79 Å². The molecule has 0 fully saturated rings. The average Bonchev–Trinajstić information content (AvgIpc) is 2.36. The molecular formula is C13H18N2O3. The zero-order chi connectivity index (χ0) is 13.5. The Morgan fingerprint density at radius 1 is 1.33 bits per heavy atom. The van der Waals surface area contributed by atoms with Gasteiger partial charge in [0.05, 0.1) is 6.04 Å². The highest BCUT2D eigenvalue weighted by atomic mass is 16.4. The second kappa shape index (κ2) is 6.76. The van der Waals surface area contributed by atoms with Gasteiger partial charge in [-0.2, -0.15) is 0 Å². The van der Waals surface area contributed by atoms with Gasteiger partial charge in [0.1, 0.15) is 0 Å². The molecule has 1 amide bonds. The smallest absolute Gasteiger partial charge is 0.330 e.